The minimum Gasteiger partial charge on any atom is -0.348 e. The normalized spacial score (nSPS) is 15.0. The van der Waals surface area contributed by atoms with Crippen LogP contribution in [0.1, 0.15) is 75.9 Å². The molecule has 0 aromatic carbocycles. The first kappa shape index (κ1) is 18.9. The molecular weight excluding hydrogens is 314 g/mol. The average molecular weight is 341 g/mol. The molecule has 0 radical (unpaired) electrons. The van der Waals surface area contributed by atoms with Gasteiger partial charge in [-0.3, -0.25) is 4.79 Å². The number of H-pyrrole nitrogens is 1. The van der Waals surface area contributed by atoms with Crippen LogP contribution in [0.4, 0.5) is 0 Å². The Morgan fingerprint density at radius 2 is 2.12 bits per heavy atom. The predicted octanol–water partition coefficient (Wildman–Crippen LogP) is 3.92. The number of rotatable bonds is 4. The third-order valence-corrected chi connectivity index (χ3v) is 4.29. The molecule has 1 aliphatic rings. The first-order valence-electron chi connectivity index (χ1n) is 8.92. The zero-order valence-electron chi connectivity index (χ0n) is 15.7. The van der Waals surface area contributed by atoms with Crippen LogP contribution in [-0.4, -0.2) is 26.9 Å². The van der Waals surface area contributed by atoms with Crippen molar-refractivity contribution in [1.82, 2.24) is 20.3 Å². The Labute approximate surface area is 149 Å². The fourth-order valence-electron chi connectivity index (χ4n) is 2.55. The number of nitriles is 1. The second-order valence-electron chi connectivity index (χ2n) is 7.22. The maximum atomic E-state index is 12.6. The first-order chi connectivity index (χ1) is 11.9. The first-order valence-corrected chi connectivity index (χ1v) is 8.92. The number of hydrogen-bond donors (Lipinski definition) is 2. The quantitative estimate of drug-likeness (QED) is 0.881. The minimum atomic E-state index is -0.218. The second-order valence-corrected chi connectivity index (χ2v) is 7.22. The van der Waals surface area contributed by atoms with Crippen molar-refractivity contribution in [3.63, 3.8) is 0 Å². The van der Waals surface area contributed by atoms with Crippen molar-refractivity contribution in [2.45, 2.75) is 65.8 Å². The molecule has 25 heavy (non-hydrogen) atoms. The minimum absolute atomic E-state index is 0.192. The predicted molar refractivity (Wildman–Crippen MR) is 98.2 cm³/mol. The van der Waals surface area contributed by atoms with Crippen molar-refractivity contribution < 1.29 is 4.79 Å². The van der Waals surface area contributed by atoms with Gasteiger partial charge in [0.15, 0.2) is 5.65 Å². The SMILES string of the molecule is CC.CC(C)(C)C(CC#N)NC(=O)c1c[nH]c2ncc(C3CC3)nc12. The summed E-state index contributed by atoms with van der Waals surface area (Å²) in [6, 6.07) is 1.93. The van der Waals surface area contributed by atoms with Crippen LogP contribution in [0.5, 0.6) is 0 Å². The van der Waals surface area contributed by atoms with Gasteiger partial charge in [0.05, 0.1) is 29.9 Å². The van der Waals surface area contributed by atoms with E-state index in [-0.39, 0.29) is 23.8 Å². The van der Waals surface area contributed by atoms with Crippen LogP contribution in [0.25, 0.3) is 11.2 Å². The summed E-state index contributed by atoms with van der Waals surface area (Å²) < 4.78 is 0. The van der Waals surface area contributed by atoms with Gasteiger partial charge in [0, 0.05) is 18.2 Å². The number of hydrogen-bond acceptors (Lipinski definition) is 4. The van der Waals surface area contributed by atoms with Crippen LogP contribution in [-0.2, 0) is 0 Å². The lowest BCUT2D eigenvalue weighted by molar-refractivity contribution is 0.0905. The van der Waals surface area contributed by atoms with Gasteiger partial charge < -0.3 is 10.3 Å². The molecule has 0 bridgehead atoms. The van der Waals surface area contributed by atoms with Crippen LogP contribution in [0.2, 0.25) is 0 Å². The third kappa shape index (κ3) is 4.36. The Balaban J connectivity index is 0.00000109. The van der Waals surface area contributed by atoms with Gasteiger partial charge in [0.25, 0.3) is 5.91 Å². The number of carbonyl (C=O) groups excluding carboxylic acids is 1. The molecular formula is C19H27N5O. The van der Waals surface area contributed by atoms with Crippen LogP contribution in [0.15, 0.2) is 12.4 Å². The maximum absolute atomic E-state index is 12.6. The lowest BCUT2D eigenvalue weighted by atomic mass is 9.85. The van der Waals surface area contributed by atoms with Crippen molar-refractivity contribution in [2.75, 3.05) is 0 Å². The van der Waals surface area contributed by atoms with E-state index in [2.05, 4.69) is 26.3 Å². The van der Waals surface area contributed by atoms with Gasteiger partial charge in [0.1, 0.15) is 5.52 Å². The van der Waals surface area contributed by atoms with E-state index in [0.29, 0.717) is 22.6 Å². The van der Waals surface area contributed by atoms with Crippen molar-refractivity contribution in [1.29, 1.82) is 5.26 Å². The molecule has 1 aliphatic carbocycles. The summed E-state index contributed by atoms with van der Waals surface area (Å²) in [6.07, 6.45) is 5.98. The highest BCUT2D eigenvalue weighted by Crippen LogP contribution is 2.39. The van der Waals surface area contributed by atoms with Crippen molar-refractivity contribution in [2.24, 2.45) is 5.41 Å². The summed E-state index contributed by atoms with van der Waals surface area (Å²) in [5.74, 6) is 0.271. The Hall–Kier alpha value is -2.42. The maximum Gasteiger partial charge on any atom is 0.255 e. The Kier molecular flexibility index (Phi) is 5.78. The molecule has 0 spiro atoms. The highest BCUT2D eigenvalue weighted by Gasteiger charge is 2.29. The van der Waals surface area contributed by atoms with E-state index < -0.39 is 0 Å². The van der Waals surface area contributed by atoms with E-state index >= 15 is 0 Å². The van der Waals surface area contributed by atoms with Gasteiger partial charge in [0.2, 0.25) is 0 Å². The summed E-state index contributed by atoms with van der Waals surface area (Å²) in [5.41, 5.74) is 2.48. The van der Waals surface area contributed by atoms with Crippen LogP contribution < -0.4 is 5.32 Å². The fourth-order valence-corrected chi connectivity index (χ4v) is 2.55. The summed E-state index contributed by atoms with van der Waals surface area (Å²) in [5, 5.41) is 12.0. The summed E-state index contributed by atoms with van der Waals surface area (Å²) in [7, 11) is 0. The lowest BCUT2D eigenvalue weighted by Gasteiger charge is -2.29. The molecule has 1 amide bonds. The molecule has 6 heteroatoms. The summed E-state index contributed by atoms with van der Waals surface area (Å²) in [4.78, 5) is 24.6. The monoisotopic (exact) mass is 341 g/mol. The van der Waals surface area contributed by atoms with Crippen LogP contribution in [0, 0.1) is 16.7 Å². The highest BCUT2D eigenvalue weighted by atomic mass is 16.1. The van der Waals surface area contributed by atoms with E-state index in [1.807, 2.05) is 34.6 Å². The van der Waals surface area contributed by atoms with E-state index in [4.69, 9.17) is 5.26 Å². The number of aromatic amines is 1. The lowest BCUT2D eigenvalue weighted by Crippen LogP contribution is -2.43. The second kappa shape index (κ2) is 7.64. The molecule has 6 nitrogen and oxygen atoms in total. The Morgan fingerprint density at radius 3 is 2.68 bits per heavy atom. The van der Waals surface area contributed by atoms with Gasteiger partial charge in [-0.25, -0.2) is 9.97 Å². The highest BCUT2D eigenvalue weighted by molar-refractivity contribution is 6.04. The molecule has 2 aromatic heterocycles. The number of aromatic nitrogens is 3. The number of nitrogens with one attached hydrogen (secondary N) is 2. The molecule has 2 N–H and O–H groups in total. The van der Waals surface area contributed by atoms with Crippen molar-refractivity contribution in [3.8, 4) is 6.07 Å². The summed E-state index contributed by atoms with van der Waals surface area (Å²) >= 11 is 0. The van der Waals surface area contributed by atoms with E-state index in [1.54, 1.807) is 12.4 Å². The molecule has 2 heterocycles. The average Bonchev–Trinajstić information content (AvgIpc) is 3.34. The number of fused-ring (bicyclic) bond motifs is 1. The molecule has 0 saturated heterocycles. The molecule has 3 rings (SSSR count). The van der Waals surface area contributed by atoms with Gasteiger partial charge in [-0.1, -0.05) is 34.6 Å². The fraction of sp³-hybridized carbons (Fsp3) is 0.579. The number of nitrogens with zero attached hydrogens (tertiary/aromatic N) is 3. The Morgan fingerprint density at radius 1 is 1.44 bits per heavy atom. The molecule has 1 saturated carbocycles. The van der Waals surface area contributed by atoms with Crippen molar-refractivity contribution >= 4 is 17.1 Å². The summed E-state index contributed by atoms with van der Waals surface area (Å²) in [6.45, 7) is 10.0. The topological polar surface area (TPSA) is 94.5 Å². The van der Waals surface area contributed by atoms with Crippen molar-refractivity contribution in [3.05, 3.63) is 23.7 Å². The molecule has 2 aromatic rings. The Bertz CT molecular complexity index is 777. The smallest absolute Gasteiger partial charge is 0.255 e. The third-order valence-electron chi connectivity index (χ3n) is 4.29. The largest absolute Gasteiger partial charge is 0.348 e. The van der Waals surface area contributed by atoms with E-state index in [1.165, 1.54) is 0 Å². The van der Waals surface area contributed by atoms with Gasteiger partial charge in [-0.05, 0) is 18.3 Å². The van der Waals surface area contributed by atoms with Gasteiger partial charge in [-0.2, -0.15) is 5.26 Å². The van der Waals surface area contributed by atoms with E-state index in [0.717, 1.165) is 18.5 Å². The molecule has 1 atom stereocenters. The van der Waals surface area contributed by atoms with Crippen LogP contribution in [0.3, 0.4) is 0 Å². The van der Waals surface area contributed by atoms with E-state index in [9.17, 15) is 4.79 Å². The standard InChI is InChI=1S/C17H21N5O.C2H6/c1-17(2,3)13(6-7-18)22-16(23)11-8-19-15-14(11)21-12(9-20-15)10-4-5-10;1-2/h8-10,13H,4-6H2,1-3H3,(H,19,20)(H,22,23);1-2H3. The van der Waals surface area contributed by atoms with Crippen LogP contribution >= 0.6 is 0 Å². The molecule has 0 aliphatic heterocycles. The number of carbonyl (C=O) groups is 1. The number of amides is 1. The molecule has 1 unspecified atom stereocenters. The molecule has 1 fully saturated rings. The zero-order valence-corrected chi connectivity index (χ0v) is 15.7. The van der Waals surface area contributed by atoms with Gasteiger partial charge >= 0.3 is 0 Å². The zero-order chi connectivity index (χ0) is 18.6. The molecule has 134 valence electrons. The van der Waals surface area contributed by atoms with Gasteiger partial charge in [-0.15, -0.1) is 0 Å².